The van der Waals surface area contributed by atoms with Crippen molar-refractivity contribution in [2.45, 2.75) is 6.18 Å². The molecule has 0 amide bonds. The Bertz CT molecular complexity index is 827. The maximum absolute atomic E-state index is 12.6. The molecule has 0 bridgehead atoms. The van der Waals surface area contributed by atoms with Gasteiger partial charge >= 0.3 is 6.18 Å². The Morgan fingerprint density at radius 2 is 1.86 bits per heavy atom. The van der Waals surface area contributed by atoms with Crippen LogP contribution in [0.15, 0.2) is 30.7 Å². The first-order valence-corrected chi connectivity index (χ1v) is 6.48. The first-order chi connectivity index (χ1) is 9.88. The van der Waals surface area contributed by atoms with Crippen molar-refractivity contribution in [1.29, 1.82) is 0 Å². The van der Waals surface area contributed by atoms with Gasteiger partial charge in [0.1, 0.15) is 5.15 Å². The summed E-state index contributed by atoms with van der Waals surface area (Å²) in [6.07, 6.45) is -0.678. The van der Waals surface area contributed by atoms with Crippen LogP contribution in [-0.4, -0.2) is 15.0 Å². The number of nitrogens with one attached hydrogen (secondary N) is 1. The van der Waals surface area contributed by atoms with E-state index in [1.807, 2.05) is 0 Å². The van der Waals surface area contributed by atoms with Crippen molar-refractivity contribution in [2.24, 2.45) is 0 Å². The highest BCUT2D eigenvalue weighted by atomic mass is 35.5. The van der Waals surface area contributed by atoms with E-state index in [9.17, 15) is 13.2 Å². The van der Waals surface area contributed by atoms with Gasteiger partial charge in [-0.3, -0.25) is 4.98 Å². The lowest BCUT2D eigenvalue weighted by Gasteiger charge is -2.10. The fourth-order valence-electron chi connectivity index (χ4n) is 1.99. The van der Waals surface area contributed by atoms with Crippen LogP contribution in [0.2, 0.25) is 10.2 Å². The molecule has 0 aliphatic carbocycles. The molecule has 1 N–H and O–H groups in total. The number of rotatable bonds is 1. The van der Waals surface area contributed by atoms with E-state index in [0.717, 1.165) is 12.3 Å². The minimum atomic E-state index is -4.49. The van der Waals surface area contributed by atoms with Gasteiger partial charge in [0, 0.05) is 29.5 Å². The van der Waals surface area contributed by atoms with Crippen molar-refractivity contribution in [3.05, 3.63) is 46.5 Å². The fourth-order valence-corrected chi connectivity index (χ4v) is 2.46. The zero-order valence-electron chi connectivity index (χ0n) is 10.2. The zero-order chi connectivity index (χ0) is 15.2. The summed E-state index contributed by atoms with van der Waals surface area (Å²) in [6.45, 7) is 0. The number of nitrogens with zero attached hydrogens (tertiary/aromatic N) is 2. The second-order valence-electron chi connectivity index (χ2n) is 4.28. The van der Waals surface area contributed by atoms with Crippen LogP contribution in [0.25, 0.3) is 22.2 Å². The van der Waals surface area contributed by atoms with Gasteiger partial charge in [0.25, 0.3) is 0 Å². The van der Waals surface area contributed by atoms with Gasteiger partial charge in [-0.15, -0.1) is 0 Å². The molecule has 0 radical (unpaired) electrons. The van der Waals surface area contributed by atoms with Gasteiger partial charge in [0.05, 0.1) is 21.8 Å². The predicted molar refractivity (Wildman–Crippen MR) is 74.3 cm³/mol. The highest BCUT2D eigenvalue weighted by Crippen LogP contribution is 2.36. The summed E-state index contributed by atoms with van der Waals surface area (Å²) in [7, 11) is 0. The molecule has 8 heteroatoms. The van der Waals surface area contributed by atoms with Gasteiger partial charge in [-0.05, 0) is 12.1 Å². The molecular formula is C13H6Cl2F3N3. The Hall–Kier alpha value is -1.79. The third-order valence-electron chi connectivity index (χ3n) is 2.97. The minimum Gasteiger partial charge on any atom is -0.360 e. The summed E-state index contributed by atoms with van der Waals surface area (Å²) >= 11 is 11.9. The van der Waals surface area contributed by atoms with Crippen LogP contribution < -0.4 is 0 Å². The number of aromatic nitrogens is 3. The molecule has 0 saturated carbocycles. The molecule has 3 rings (SSSR count). The second kappa shape index (κ2) is 4.89. The van der Waals surface area contributed by atoms with Crippen LogP contribution in [0.5, 0.6) is 0 Å². The number of H-pyrrole nitrogens is 1. The summed E-state index contributed by atoms with van der Waals surface area (Å²) in [5.74, 6) is 0. The maximum atomic E-state index is 12.6. The van der Waals surface area contributed by atoms with E-state index in [4.69, 9.17) is 23.2 Å². The van der Waals surface area contributed by atoms with Crippen LogP contribution >= 0.6 is 23.2 Å². The molecule has 3 aromatic heterocycles. The summed E-state index contributed by atoms with van der Waals surface area (Å²) in [5.41, 5.74) is 0.407. The number of pyridine rings is 2. The fraction of sp³-hybridized carbons (Fsp3) is 0.0769. The quantitative estimate of drug-likeness (QED) is 0.641. The van der Waals surface area contributed by atoms with E-state index in [-0.39, 0.29) is 15.9 Å². The van der Waals surface area contributed by atoms with Crippen LogP contribution in [0, 0.1) is 0 Å². The number of hydrogen-bond donors (Lipinski definition) is 1. The molecule has 3 nitrogen and oxygen atoms in total. The molecule has 0 aromatic carbocycles. The minimum absolute atomic E-state index is 0.107. The van der Waals surface area contributed by atoms with Crippen molar-refractivity contribution < 1.29 is 13.2 Å². The van der Waals surface area contributed by atoms with Gasteiger partial charge < -0.3 is 4.98 Å². The van der Waals surface area contributed by atoms with Gasteiger partial charge in [0.15, 0.2) is 0 Å². The first kappa shape index (κ1) is 14.2. The predicted octanol–water partition coefficient (Wildman–Crippen LogP) is 4.95. The van der Waals surface area contributed by atoms with E-state index in [0.29, 0.717) is 16.5 Å². The molecule has 0 unspecified atom stereocenters. The van der Waals surface area contributed by atoms with Crippen LogP contribution in [0.3, 0.4) is 0 Å². The first-order valence-electron chi connectivity index (χ1n) is 5.72. The normalized spacial score (nSPS) is 12.0. The summed E-state index contributed by atoms with van der Waals surface area (Å²) in [5, 5.41) is 0.829. The monoisotopic (exact) mass is 331 g/mol. The van der Waals surface area contributed by atoms with Crippen molar-refractivity contribution in [3.63, 3.8) is 0 Å². The molecule has 0 aliphatic rings. The van der Waals surface area contributed by atoms with Crippen molar-refractivity contribution in [3.8, 4) is 11.3 Å². The maximum Gasteiger partial charge on any atom is 0.417 e. The molecule has 0 fully saturated rings. The highest BCUT2D eigenvalue weighted by molar-refractivity contribution is 6.35. The topological polar surface area (TPSA) is 41.6 Å². The molecule has 0 saturated heterocycles. The number of halogens is 5. The largest absolute Gasteiger partial charge is 0.417 e. The van der Waals surface area contributed by atoms with Gasteiger partial charge in [-0.1, -0.05) is 23.2 Å². The molecular weight excluding hydrogens is 326 g/mol. The SMILES string of the molecule is FC(F)(F)c1cnc(-c2cnc(Cl)c3cc[nH]c23)c(Cl)c1. The number of hydrogen-bond acceptors (Lipinski definition) is 2. The number of alkyl halides is 3. The Balaban J connectivity index is 2.20. The Labute approximate surface area is 126 Å². The molecule has 0 spiro atoms. The smallest absolute Gasteiger partial charge is 0.360 e. The second-order valence-corrected chi connectivity index (χ2v) is 5.05. The van der Waals surface area contributed by atoms with E-state index in [1.165, 1.54) is 6.20 Å². The molecule has 108 valence electrons. The van der Waals surface area contributed by atoms with Crippen LogP contribution in [0.4, 0.5) is 13.2 Å². The van der Waals surface area contributed by atoms with E-state index < -0.39 is 11.7 Å². The van der Waals surface area contributed by atoms with Crippen molar-refractivity contribution in [2.75, 3.05) is 0 Å². The molecule has 0 aliphatic heterocycles. The molecule has 21 heavy (non-hydrogen) atoms. The third-order valence-corrected chi connectivity index (χ3v) is 3.56. The van der Waals surface area contributed by atoms with Crippen LogP contribution in [0.1, 0.15) is 5.56 Å². The number of aromatic amines is 1. The van der Waals surface area contributed by atoms with Crippen molar-refractivity contribution >= 4 is 34.1 Å². The lowest BCUT2D eigenvalue weighted by atomic mass is 10.1. The van der Waals surface area contributed by atoms with E-state index in [1.54, 1.807) is 12.3 Å². The lowest BCUT2D eigenvalue weighted by molar-refractivity contribution is -0.137. The van der Waals surface area contributed by atoms with E-state index in [2.05, 4.69) is 15.0 Å². The average molecular weight is 332 g/mol. The lowest BCUT2D eigenvalue weighted by Crippen LogP contribution is -2.06. The molecule has 0 atom stereocenters. The standard InChI is InChI=1S/C13H6Cl2F3N3/c14-9-3-6(13(16,17)18)4-20-11(9)8-5-21-12(15)7-1-2-19-10(7)8/h1-5,19H. The van der Waals surface area contributed by atoms with Gasteiger partial charge in [-0.2, -0.15) is 13.2 Å². The Morgan fingerprint density at radius 3 is 2.52 bits per heavy atom. The van der Waals surface area contributed by atoms with Gasteiger partial charge in [-0.25, -0.2) is 4.98 Å². The molecule has 3 aromatic rings. The zero-order valence-corrected chi connectivity index (χ0v) is 11.7. The Kier molecular flexibility index (Phi) is 3.30. The van der Waals surface area contributed by atoms with Gasteiger partial charge in [0.2, 0.25) is 0 Å². The highest BCUT2D eigenvalue weighted by Gasteiger charge is 2.31. The van der Waals surface area contributed by atoms with Crippen molar-refractivity contribution in [1.82, 2.24) is 15.0 Å². The Morgan fingerprint density at radius 1 is 1.10 bits per heavy atom. The van der Waals surface area contributed by atoms with Crippen LogP contribution in [-0.2, 0) is 6.18 Å². The number of fused-ring (bicyclic) bond motifs is 1. The summed E-state index contributed by atoms with van der Waals surface area (Å²) in [4.78, 5) is 10.8. The average Bonchev–Trinajstić information content (AvgIpc) is 2.89. The third kappa shape index (κ3) is 2.45. The summed E-state index contributed by atoms with van der Waals surface area (Å²) < 4.78 is 37.9. The molecule has 3 heterocycles. The van der Waals surface area contributed by atoms with E-state index >= 15 is 0 Å². The summed E-state index contributed by atoms with van der Waals surface area (Å²) in [6, 6.07) is 2.55.